The van der Waals surface area contributed by atoms with Crippen molar-refractivity contribution in [2.45, 2.75) is 12.8 Å². The average molecular weight is 461 g/mol. The van der Waals surface area contributed by atoms with E-state index in [0.717, 1.165) is 30.4 Å². The Balaban J connectivity index is 1.55. The van der Waals surface area contributed by atoms with Gasteiger partial charge in [0.15, 0.2) is 6.61 Å². The van der Waals surface area contributed by atoms with Crippen LogP contribution in [0.2, 0.25) is 0 Å². The summed E-state index contributed by atoms with van der Waals surface area (Å²) in [6.45, 7) is 1.05. The standard InChI is InChI=1S/C21H21BrN2O5/c1-28-19-6-5-16(22)10-14(19)4-7-20(26)29-13-18(25)15-11-17(23-12-15)21(27)24-8-2-3-9-24/h4-7,10-12,23H,2-3,8-9,13H2,1H3/b7-4+. The SMILES string of the molecule is COc1ccc(Br)cc1/C=C/C(=O)OCC(=O)c1c[nH]c(C(=O)N2CCCC2)c1. The van der Waals surface area contributed by atoms with Crippen LogP contribution in [0.15, 0.2) is 41.0 Å². The molecule has 0 spiro atoms. The molecule has 7 nitrogen and oxygen atoms in total. The normalized spacial score (nSPS) is 13.7. The number of ether oxygens (including phenoxy) is 2. The van der Waals surface area contributed by atoms with Crippen molar-refractivity contribution in [1.29, 1.82) is 0 Å². The fourth-order valence-electron chi connectivity index (χ4n) is 3.03. The molecule has 0 unspecified atom stereocenters. The molecule has 1 amide bonds. The van der Waals surface area contributed by atoms with Crippen LogP contribution in [-0.4, -0.2) is 54.3 Å². The van der Waals surface area contributed by atoms with Crippen LogP contribution in [0.4, 0.5) is 0 Å². The van der Waals surface area contributed by atoms with Gasteiger partial charge in [0.1, 0.15) is 11.4 Å². The molecule has 0 saturated carbocycles. The molecule has 1 aliphatic rings. The highest BCUT2D eigenvalue weighted by atomic mass is 79.9. The molecule has 1 aromatic heterocycles. The maximum absolute atomic E-state index is 12.3. The Morgan fingerprint density at radius 2 is 1.97 bits per heavy atom. The van der Waals surface area contributed by atoms with Gasteiger partial charge in [0.05, 0.1) is 7.11 Å². The van der Waals surface area contributed by atoms with E-state index in [-0.39, 0.29) is 11.7 Å². The van der Waals surface area contributed by atoms with Gasteiger partial charge in [-0.3, -0.25) is 9.59 Å². The summed E-state index contributed by atoms with van der Waals surface area (Å²) >= 11 is 3.36. The van der Waals surface area contributed by atoms with Crippen molar-refractivity contribution in [3.63, 3.8) is 0 Å². The van der Waals surface area contributed by atoms with E-state index in [2.05, 4.69) is 20.9 Å². The Morgan fingerprint density at radius 3 is 2.69 bits per heavy atom. The van der Waals surface area contributed by atoms with Crippen LogP contribution in [0.3, 0.4) is 0 Å². The van der Waals surface area contributed by atoms with Gasteiger partial charge in [0.25, 0.3) is 5.91 Å². The van der Waals surface area contributed by atoms with Crippen LogP contribution in [0.25, 0.3) is 6.08 Å². The highest BCUT2D eigenvalue weighted by Crippen LogP contribution is 2.24. The summed E-state index contributed by atoms with van der Waals surface area (Å²) in [6.07, 6.45) is 6.24. The minimum absolute atomic E-state index is 0.121. The topological polar surface area (TPSA) is 88.7 Å². The molecule has 1 aromatic carbocycles. The first-order valence-electron chi connectivity index (χ1n) is 9.17. The van der Waals surface area contributed by atoms with E-state index in [1.54, 1.807) is 23.1 Å². The Morgan fingerprint density at radius 1 is 1.21 bits per heavy atom. The second-order valence-corrected chi connectivity index (χ2v) is 7.47. The maximum Gasteiger partial charge on any atom is 0.331 e. The molecular formula is C21H21BrN2O5. The molecule has 1 saturated heterocycles. The number of amides is 1. The summed E-state index contributed by atoms with van der Waals surface area (Å²) < 4.78 is 11.1. The third kappa shape index (κ3) is 5.35. The number of benzene rings is 1. The fraction of sp³-hybridized carbons (Fsp3) is 0.286. The largest absolute Gasteiger partial charge is 0.496 e. The third-order valence-electron chi connectivity index (χ3n) is 4.56. The zero-order chi connectivity index (χ0) is 20.8. The van der Waals surface area contributed by atoms with Gasteiger partial charge in [-0.1, -0.05) is 15.9 Å². The first kappa shape index (κ1) is 20.9. The summed E-state index contributed by atoms with van der Waals surface area (Å²) in [4.78, 5) is 41.1. The summed E-state index contributed by atoms with van der Waals surface area (Å²) in [6, 6.07) is 6.89. The van der Waals surface area contributed by atoms with Crippen molar-refractivity contribution in [1.82, 2.24) is 9.88 Å². The zero-order valence-electron chi connectivity index (χ0n) is 15.9. The number of rotatable bonds is 7. The zero-order valence-corrected chi connectivity index (χ0v) is 17.5. The van der Waals surface area contributed by atoms with Crippen molar-refractivity contribution in [2.75, 3.05) is 26.8 Å². The number of hydrogen-bond acceptors (Lipinski definition) is 5. The highest BCUT2D eigenvalue weighted by Gasteiger charge is 2.22. The van der Waals surface area contributed by atoms with Crippen molar-refractivity contribution >= 4 is 39.7 Å². The molecular weight excluding hydrogens is 440 g/mol. The molecule has 0 aliphatic carbocycles. The fourth-order valence-corrected chi connectivity index (χ4v) is 3.41. The predicted octanol–water partition coefficient (Wildman–Crippen LogP) is 3.46. The van der Waals surface area contributed by atoms with Gasteiger partial charge in [0.2, 0.25) is 5.78 Å². The molecule has 0 atom stereocenters. The minimum atomic E-state index is -0.649. The minimum Gasteiger partial charge on any atom is -0.496 e. The number of aromatic amines is 1. The molecule has 29 heavy (non-hydrogen) atoms. The van der Waals surface area contributed by atoms with Gasteiger partial charge in [-0.2, -0.15) is 0 Å². The molecule has 0 bridgehead atoms. The maximum atomic E-state index is 12.3. The smallest absolute Gasteiger partial charge is 0.331 e. The number of Topliss-reactive ketones (excluding diaryl/α,β-unsaturated/α-hetero) is 1. The number of carbonyl (C=O) groups excluding carboxylic acids is 3. The number of nitrogens with zero attached hydrogens (tertiary/aromatic N) is 1. The lowest BCUT2D eigenvalue weighted by atomic mass is 10.2. The molecule has 0 radical (unpaired) electrons. The molecule has 2 aromatic rings. The number of H-pyrrole nitrogens is 1. The summed E-state index contributed by atoms with van der Waals surface area (Å²) in [5.41, 5.74) is 1.36. The lowest BCUT2D eigenvalue weighted by Crippen LogP contribution is -2.27. The number of hydrogen-bond donors (Lipinski definition) is 1. The van der Waals surface area contributed by atoms with Crippen molar-refractivity contribution < 1.29 is 23.9 Å². The van der Waals surface area contributed by atoms with E-state index in [4.69, 9.17) is 9.47 Å². The second-order valence-electron chi connectivity index (χ2n) is 6.55. The molecule has 1 aliphatic heterocycles. The Bertz CT molecular complexity index is 944. The molecule has 8 heteroatoms. The average Bonchev–Trinajstić information content (AvgIpc) is 3.42. The van der Waals surface area contributed by atoms with Gasteiger partial charge in [0, 0.05) is 41.0 Å². The Kier molecular flexibility index (Phi) is 6.87. The third-order valence-corrected chi connectivity index (χ3v) is 5.06. The van der Waals surface area contributed by atoms with Gasteiger partial charge in [-0.05, 0) is 43.2 Å². The van der Waals surface area contributed by atoms with Crippen molar-refractivity contribution in [3.8, 4) is 5.75 Å². The van der Waals surface area contributed by atoms with Crippen molar-refractivity contribution in [2.24, 2.45) is 0 Å². The number of halogens is 1. The molecule has 3 rings (SSSR count). The first-order valence-corrected chi connectivity index (χ1v) is 9.96. The summed E-state index contributed by atoms with van der Waals surface area (Å²) in [5, 5.41) is 0. The van der Waals surface area contributed by atoms with E-state index in [1.165, 1.54) is 25.4 Å². The van der Waals surface area contributed by atoms with E-state index in [9.17, 15) is 14.4 Å². The summed E-state index contributed by atoms with van der Waals surface area (Å²) in [7, 11) is 1.54. The quantitative estimate of drug-likeness (QED) is 0.388. The van der Waals surface area contributed by atoms with Gasteiger partial charge in [-0.15, -0.1) is 0 Å². The van der Waals surface area contributed by atoms with Crippen LogP contribution in [0.1, 0.15) is 39.3 Å². The Hall–Kier alpha value is -2.87. The number of methoxy groups -OCH3 is 1. The lowest BCUT2D eigenvalue weighted by molar-refractivity contribution is -0.136. The predicted molar refractivity (Wildman–Crippen MR) is 111 cm³/mol. The Labute approximate surface area is 176 Å². The number of nitrogens with one attached hydrogen (secondary N) is 1. The van der Waals surface area contributed by atoms with Crippen LogP contribution in [-0.2, 0) is 9.53 Å². The van der Waals surface area contributed by atoms with E-state index in [0.29, 0.717) is 22.6 Å². The highest BCUT2D eigenvalue weighted by molar-refractivity contribution is 9.10. The number of aromatic nitrogens is 1. The van der Waals surface area contributed by atoms with Crippen LogP contribution in [0.5, 0.6) is 5.75 Å². The molecule has 1 fully saturated rings. The van der Waals surface area contributed by atoms with E-state index < -0.39 is 12.6 Å². The van der Waals surface area contributed by atoms with Gasteiger partial charge < -0.3 is 19.4 Å². The van der Waals surface area contributed by atoms with Crippen LogP contribution in [0, 0.1) is 0 Å². The van der Waals surface area contributed by atoms with Gasteiger partial charge >= 0.3 is 5.97 Å². The number of ketones is 1. The molecule has 152 valence electrons. The van der Waals surface area contributed by atoms with Crippen LogP contribution < -0.4 is 4.74 Å². The lowest BCUT2D eigenvalue weighted by Gasteiger charge is -2.13. The molecule has 1 N–H and O–H groups in total. The van der Waals surface area contributed by atoms with Crippen LogP contribution >= 0.6 is 15.9 Å². The number of esters is 1. The molecule has 2 heterocycles. The number of likely N-dealkylation sites (tertiary alicyclic amines) is 1. The summed E-state index contributed by atoms with van der Waals surface area (Å²) in [5.74, 6) is -0.548. The second kappa shape index (κ2) is 9.56. The van der Waals surface area contributed by atoms with Gasteiger partial charge in [-0.25, -0.2) is 4.79 Å². The van der Waals surface area contributed by atoms with E-state index >= 15 is 0 Å². The monoisotopic (exact) mass is 460 g/mol. The number of carbonyl (C=O) groups is 3. The van der Waals surface area contributed by atoms with Crippen molar-refractivity contribution in [3.05, 3.63) is 57.8 Å². The van der Waals surface area contributed by atoms with E-state index in [1.807, 2.05) is 6.07 Å². The first-order chi connectivity index (χ1) is 14.0.